The Morgan fingerprint density at radius 1 is 0.380 bits per heavy atom. The van der Waals surface area contributed by atoms with Gasteiger partial charge in [0.1, 0.15) is 0 Å². The van der Waals surface area contributed by atoms with E-state index in [0.717, 1.165) is 44.9 Å². The normalized spacial score (nSPS) is 12.6. The number of carbonyl (C=O) groups is 2. The predicted octanol–water partition coefficient (Wildman–Crippen LogP) is 20.4. The lowest BCUT2D eigenvalue weighted by molar-refractivity contribution is -0.143. The van der Waals surface area contributed by atoms with E-state index >= 15 is 0 Å². The van der Waals surface area contributed by atoms with Gasteiger partial charge in [0.15, 0.2) is 0 Å². The highest BCUT2D eigenvalue weighted by atomic mass is 16.5. The molecule has 0 saturated carbocycles. The van der Waals surface area contributed by atoms with Gasteiger partial charge in [0, 0.05) is 12.8 Å². The lowest BCUT2D eigenvalue weighted by Crippen LogP contribution is -2.45. The minimum Gasteiger partial charge on any atom is -0.466 e. The maximum absolute atomic E-state index is 12.5. The maximum atomic E-state index is 12.5. The van der Waals surface area contributed by atoms with E-state index in [1.54, 1.807) is 0 Å². The predicted molar refractivity (Wildman–Crippen MR) is 310 cm³/mol. The van der Waals surface area contributed by atoms with Crippen LogP contribution in [0.2, 0.25) is 0 Å². The monoisotopic (exact) mass is 1000 g/mol. The number of rotatable bonds is 61. The number of hydrogen-bond acceptors (Lipinski definition) is 5. The van der Waals surface area contributed by atoms with Gasteiger partial charge in [0.05, 0.1) is 25.4 Å². The number of unbranched alkanes of at least 4 members (excludes halogenated alkanes) is 48. The standard InChI is InChI=1S/C65H127NO5/c1-3-5-7-9-11-13-15-17-19-20-24-28-31-35-39-43-47-51-55-59-65(70)71-60-56-52-48-44-40-36-32-29-26-23-21-22-25-27-30-34-38-42-46-50-54-58-64(69)66-62(61-67)63(68)57-53-49-45-41-37-33-18-16-14-12-10-8-6-4-2/h17,19,62-63,67-68H,3-16,18,20-61H2,1-2H3,(H,66,69)/b19-17-. The van der Waals surface area contributed by atoms with Crippen LogP contribution in [0.1, 0.15) is 367 Å². The molecule has 422 valence electrons. The summed E-state index contributed by atoms with van der Waals surface area (Å²) in [5.74, 6) is -0.0211. The fourth-order valence-electron chi connectivity index (χ4n) is 10.3. The molecule has 0 fully saturated rings. The number of nitrogens with one attached hydrogen (secondary N) is 1. The van der Waals surface area contributed by atoms with E-state index in [9.17, 15) is 19.8 Å². The van der Waals surface area contributed by atoms with Gasteiger partial charge < -0.3 is 20.3 Å². The molecule has 6 nitrogen and oxygen atoms in total. The number of aliphatic hydroxyl groups excluding tert-OH is 2. The number of allylic oxidation sites excluding steroid dienone is 2. The molecule has 0 saturated heterocycles. The van der Waals surface area contributed by atoms with Gasteiger partial charge in [-0.25, -0.2) is 0 Å². The van der Waals surface area contributed by atoms with Gasteiger partial charge in [-0.1, -0.05) is 315 Å². The molecule has 0 aliphatic carbocycles. The molecule has 2 unspecified atom stereocenters. The zero-order chi connectivity index (χ0) is 51.4. The average Bonchev–Trinajstić information content (AvgIpc) is 3.37. The number of ether oxygens (including phenoxy) is 1. The van der Waals surface area contributed by atoms with Gasteiger partial charge in [-0.2, -0.15) is 0 Å². The number of esters is 1. The zero-order valence-electron chi connectivity index (χ0n) is 48.2. The highest BCUT2D eigenvalue weighted by Crippen LogP contribution is 2.18. The first-order valence-corrected chi connectivity index (χ1v) is 32.4. The van der Waals surface area contributed by atoms with Gasteiger partial charge in [0.2, 0.25) is 5.91 Å². The van der Waals surface area contributed by atoms with Crippen molar-refractivity contribution in [2.45, 2.75) is 379 Å². The van der Waals surface area contributed by atoms with Crippen LogP contribution in [0, 0.1) is 0 Å². The topological polar surface area (TPSA) is 95.9 Å². The van der Waals surface area contributed by atoms with Crippen molar-refractivity contribution < 1.29 is 24.5 Å². The van der Waals surface area contributed by atoms with Crippen molar-refractivity contribution in [3.8, 4) is 0 Å². The molecule has 0 aromatic carbocycles. The molecule has 0 rings (SSSR count). The Morgan fingerprint density at radius 2 is 0.662 bits per heavy atom. The van der Waals surface area contributed by atoms with E-state index in [1.807, 2.05) is 0 Å². The van der Waals surface area contributed by atoms with Crippen molar-refractivity contribution >= 4 is 11.9 Å². The van der Waals surface area contributed by atoms with Crippen LogP contribution in [-0.2, 0) is 14.3 Å². The summed E-state index contributed by atoms with van der Waals surface area (Å²) >= 11 is 0. The molecule has 0 bridgehead atoms. The first kappa shape index (κ1) is 69.6. The third-order valence-electron chi connectivity index (χ3n) is 15.3. The largest absolute Gasteiger partial charge is 0.466 e. The van der Waals surface area contributed by atoms with Crippen LogP contribution in [0.4, 0.5) is 0 Å². The van der Waals surface area contributed by atoms with Crippen molar-refractivity contribution in [1.82, 2.24) is 5.32 Å². The average molecular weight is 1000 g/mol. The second-order valence-electron chi connectivity index (χ2n) is 22.5. The van der Waals surface area contributed by atoms with Crippen molar-refractivity contribution in [2.24, 2.45) is 0 Å². The lowest BCUT2D eigenvalue weighted by Gasteiger charge is -2.22. The second-order valence-corrected chi connectivity index (χ2v) is 22.5. The minimum atomic E-state index is -0.664. The number of amides is 1. The third kappa shape index (κ3) is 57.7. The Kier molecular flexibility index (Phi) is 59.9. The van der Waals surface area contributed by atoms with E-state index in [0.29, 0.717) is 25.9 Å². The first-order chi connectivity index (χ1) is 35.0. The summed E-state index contributed by atoms with van der Waals surface area (Å²) in [6.45, 7) is 4.97. The number of carbonyl (C=O) groups excluding carboxylic acids is 2. The SMILES string of the molecule is CCCCCCCC/C=C\CCCCCCCCCCCC(=O)OCCCCCCCCCCCCCCCCCCCCCCCC(=O)NC(CO)C(O)CCCCCCCCCCCCCCCC. The molecule has 0 spiro atoms. The van der Waals surface area contributed by atoms with Crippen LogP contribution in [0.25, 0.3) is 0 Å². The van der Waals surface area contributed by atoms with Crippen LogP contribution >= 0.6 is 0 Å². The first-order valence-electron chi connectivity index (χ1n) is 32.4. The Balaban J connectivity index is 3.35. The lowest BCUT2D eigenvalue weighted by atomic mass is 10.0. The Hall–Kier alpha value is -1.40. The molecule has 0 aliphatic rings. The molecular formula is C65H127NO5. The van der Waals surface area contributed by atoms with E-state index in [-0.39, 0.29) is 18.5 Å². The van der Waals surface area contributed by atoms with Gasteiger partial charge >= 0.3 is 5.97 Å². The molecule has 0 radical (unpaired) electrons. The van der Waals surface area contributed by atoms with Crippen LogP contribution in [-0.4, -0.2) is 47.4 Å². The van der Waals surface area contributed by atoms with Crippen molar-refractivity contribution in [1.29, 1.82) is 0 Å². The van der Waals surface area contributed by atoms with Gasteiger partial charge in [0.25, 0.3) is 0 Å². The number of hydrogen-bond donors (Lipinski definition) is 3. The van der Waals surface area contributed by atoms with Gasteiger partial charge in [-0.05, 0) is 51.4 Å². The molecule has 71 heavy (non-hydrogen) atoms. The van der Waals surface area contributed by atoms with Crippen LogP contribution in [0.5, 0.6) is 0 Å². The molecule has 0 heterocycles. The molecule has 0 aromatic rings. The zero-order valence-corrected chi connectivity index (χ0v) is 48.2. The minimum absolute atomic E-state index is 0.0125. The van der Waals surface area contributed by atoms with E-state index in [4.69, 9.17) is 4.74 Å². The molecule has 3 N–H and O–H groups in total. The molecule has 6 heteroatoms. The fraction of sp³-hybridized carbons (Fsp3) is 0.938. The van der Waals surface area contributed by atoms with E-state index in [2.05, 4.69) is 31.3 Å². The fourth-order valence-corrected chi connectivity index (χ4v) is 10.3. The summed E-state index contributed by atoms with van der Waals surface area (Å²) in [7, 11) is 0. The highest BCUT2D eigenvalue weighted by Gasteiger charge is 2.20. The van der Waals surface area contributed by atoms with Crippen LogP contribution in [0.3, 0.4) is 0 Å². The summed E-state index contributed by atoms with van der Waals surface area (Å²) in [5, 5.41) is 23.3. The van der Waals surface area contributed by atoms with Crippen molar-refractivity contribution in [2.75, 3.05) is 13.2 Å². The summed E-state index contributed by atoms with van der Waals surface area (Å²) in [6.07, 6.45) is 73.7. The van der Waals surface area contributed by atoms with Gasteiger partial charge in [-0.15, -0.1) is 0 Å². The summed E-state index contributed by atoms with van der Waals surface area (Å²) in [4.78, 5) is 24.6. The molecule has 0 aromatic heterocycles. The summed E-state index contributed by atoms with van der Waals surface area (Å²) in [6, 6.07) is -0.541. The molecule has 1 amide bonds. The number of aliphatic hydroxyl groups is 2. The molecular weight excluding hydrogens is 875 g/mol. The summed E-state index contributed by atoms with van der Waals surface area (Å²) < 4.78 is 5.50. The third-order valence-corrected chi connectivity index (χ3v) is 15.3. The molecule has 2 atom stereocenters. The van der Waals surface area contributed by atoms with E-state index < -0.39 is 12.1 Å². The summed E-state index contributed by atoms with van der Waals surface area (Å²) in [5.41, 5.74) is 0. The second kappa shape index (κ2) is 61.1. The quantitative estimate of drug-likeness (QED) is 0.0320. The smallest absolute Gasteiger partial charge is 0.305 e. The van der Waals surface area contributed by atoms with E-state index in [1.165, 1.54) is 289 Å². The van der Waals surface area contributed by atoms with Crippen molar-refractivity contribution in [3.63, 3.8) is 0 Å². The Labute approximate surface area is 444 Å². The molecule has 0 aliphatic heterocycles. The Bertz CT molecular complexity index is 1060. The maximum Gasteiger partial charge on any atom is 0.305 e. The van der Waals surface area contributed by atoms with Crippen LogP contribution in [0.15, 0.2) is 12.2 Å². The highest BCUT2D eigenvalue weighted by molar-refractivity contribution is 5.76. The van der Waals surface area contributed by atoms with Gasteiger partial charge in [-0.3, -0.25) is 9.59 Å². The van der Waals surface area contributed by atoms with Crippen LogP contribution < -0.4 is 5.32 Å². The Morgan fingerprint density at radius 3 is 1.00 bits per heavy atom. The van der Waals surface area contributed by atoms with Crippen molar-refractivity contribution in [3.05, 3.63) is 12.2 Å².